The minimum absolute atomic E-state index is 0.0106. The molecule has 4 aromatic rings. The van der Waals surface area contributed by atoms with E-state index in [1.807, 2.05) is 4.90 Å². The second-order valence-corrected chi connectivity index (χ2v) is 10.0. The van der Waals surface area contributed by atoms with E-state index in [-0.39, 0.29) is 5.91 Å². The number of piperazine rings is 2. The SMILES string of the molecule is C=CC(=O)N1CCN(c2nc(N3CCN(C)CC3)nc3c2cc(-c2cccc4ccccc24)n3C)CC1. The van der Waals surface area contributed by atoms with Gasteiger partial charge in [0.1, 0.15) is 11.5 Å². The van der Waals surface area contributed by atoms with Crippen LogP contribution in [0.2, 0.25) is 0 Å². The molecule has 190 valence electrons. The van der Waals surface area contributed by atoms with Crippen molar-refractivity contribution < 1.29 is 4.79 Å². The predicted octanol–water partition coefficient (Wildman–Crippen LogP) is 3.37. The second-order valence-electron chi connectivity index (χ2n) is 10.0. The number of fused-ring (bicyclic) bond motifs is 2. The standard InChI is InChI=1S/C29H33N7O/c1-4-26(37)34-16-18-35(19-17-34)28-24-20-25(23-11-7-9-21-8-5-6-10-22(21)23)33(3)27(24)30-29(31-28)36-14-12-32(2)13-15-36/h4-11,20H,1,12-19H2,2-3H3. The fraction of sp³-hybridized carbons (Fsp3) is 0.345. The van der Waals surface area contributed by atoms with Gasteiger partial charge in [0.2, 0.25) is 11.9 Å². The van der Waals surface area contributed by atoms with Gasteiger partial charge in [0.25, 0.3) is 0 Å². The summed E-state index contributed by atoms with van der Waals surface area (Å²) in [6.07, 6.45) is 1.40. The molecule has 2 aromatic carbocycles. The Hall–Kier alpha value is -3.91. The first-order valence-corrected chi connectivity index (χ1v) is 13.0. The first kappa shape index (κ1) is 23.5. The topological polar surface area (TPSA) is 60.7 Å². The van der Waals surface area contributed by atoms with Gasteiger partial charge in [-0.25, -0.2) is 0 Å². The summed E-state index contributed by atoms with van der Waals surface area (Å²) in [5.41, 5.74) is 3.25. The predicted molar refractivity (Wildman–Crippen MR) is 150 cm³/mol. The third-order valence-electron chi connectivity index (χ3n) is 7.77. The lowest BCUT2D eigenvalue weighted by Gasteiger charge is -2.36. The van der Waals surface area contributed by atoms with Gasteiger partial charge in [-0.1, -0.05) is 49.0 Å². The first-order chi connectivity index (χ1) is 18.0. The fourth-order valence-corrected chi connectivity index (χ4v) is 5.53. The zero-order valence-corrected chi connectivity index (χ0v) is 21.6. The number of hydrogen-bond donors (Lipinski definition) is 0. The van der Waals surface area contributed by atoms with Crippen molar-refractivity contribution in [2.24, 2.45) is 7.05 Å². The summed E-state index contributed by atoms with van der Waals surface area (Å²) >= 11 is 0. The molecule has 2 fully saturated rings. The van der Waals surface area contributed by atoms with Crippen LogP contribution in [-0.4, -0.2) is 89.6 Å². The maximum Gasteiger partial charge on any atom is 0.246 e. The first-order valence-electron chi connectivity index (χ1n) is 13.0. The largest absolute Gasteiger partial charge is 0.352 e. The second kappa shape index (κ2) is 9.52. The number of likely N-dealkylation sites (N-methyl/N-ethyl adjacent to an activating group) is 1. The molecule has 1 amide bonds. The van der Waals surface area contributed by atoms with Crippen LogP contribution in [-0.2, 0) is 11.8 Å². The summed E-state index contributed by atoms with van der Waals surface area (Å²) < 4.78 is 2.21. The van der Waals surface area contributed by atoms with Gasteiger partial charge in [-0.3, -0.25) is 4.79 Å². The van der Waals surface area contributed by atoms with Crippen molar-refractivity contribution in [3.8, 4) is 11.3 Å². The molecule has 2 aliphatic rings. The highest BCUT2D eigenvalue weighted by Gasteiger charge is 2.26. The van der Waals surface area contributed by atoms with Crippen LogP contribution in [0, 0.1) is 0 Å². The molecule has 0 spiro atoms. The minimum atomic E-state index is -0.0106. The van der Waals surface area contributed by atoms with Crippen molar-refractivity contribution in [1.29, 1.82) is 0 Å². The van der Waals surface area contributed by atoms with Gasteiger partial charge >= 0.3 is 0 Å². The third kappa shape index (κ3) is 4.21. The fourth-order valence-electron chi connectivity index (χ4n) is 5.53. The van der Waals surface area contributed by atoms with Gasteiger partial charge in [-0.15, -0.1) is 0 Å². The third-order valence-corrected chi connectivity index (χ3v) is 7.77. The molecule has 8 nitrogen and oxygen atoms in total. The van der Waals surface area contributed by atoms with Crippen LogP contribution in [0.3, 0.4) is 0 Å². The van der Waals surface area contributed by atoms with Gasteiger partial charge in [0.15, 0.2) is 0 Å². The monoisotopic (exact) mass is 495 g/mol. The van der Waals surface area contributed by atoms with E-state index in [2.05, 4.69) is 88.5 Å². The van der Waals surface area contributed by atoms with E-state index in [0.29, 0.717) is 13.1 Å². The molecule has 2 aliphatic heterocycles. The number of amides is 1. The van der Waals surface area contributed by atoms with Crippen LogP contribution >= 0.6 is 0 Å². The molecule has 0 aliphatic carbocycles. The van der Waals surface area contributed by atoms with Gasteiger partial charge in [0.05, 0.1) is 11.1 Å². The highest BCUT2D eigenvalue weighted by molar-refractivity contribution is 6.01. The van der Waals surface area contributed by atoms with Crippen molar-refractivity contribution in [1.82, 2.24) is 24.3 Å². The van der Waals surface area contributed by atoms with E-state index in [4.69, 9.17) is 9.97 Å². The molecular formula is C29H33N7O. The minimum Gasteiger partial charge on any atom is -0.352 e. The molecule has 8 heteroatoms. The van der Waals surface area contributed by atoms with Crippen LogP contribution in [0.5, 0.6) is 0 Å². The number of carbonyl (C=O) groups excluding carboxylic acids is 1. The molecule has 4 heterocycles. The van der Waals surface area contributed by atoms with E-state index < -0.39 is 0 Å². The maximum atomic E-state index is 12.2. The molecule has 0 saturated carbocycles. The summed E-state index contributed by atoms with van der Waals surface area (Å²) in [6, 6.07) is 17.2. The Labute approximate surface area is 217 Å². The molecule has 0 radical (unpaired) electrons. The molecule has 0 atom stereocenters. The van der Waals surface area contributed by atoms with Crippen molar-refractivity contribution in [3.05, 3.63) is 61.2 Å². The number of hydrogen-bond acceptors (Lipinski definition) is 6. The summed E-state index contributed by atoms with van der Waals surface area (Å²) in [7, 11) is 4.26. The average molecular weight is 496 g/mol. The van der Waals surface area contributed by atoms with Crippen LogP contribution in [0.1, 0.15) is 0 Å². The molecule has 0 N–H and O–H groups in total. The quantitative estimate of drug-likeness (QED) is 0.405. The lowest BCUT2D eigenvalue weighted by molar-refractivity contribution is -0.126. The molecule has 6 rings (SSSR count). The molecule has 2 aromatic heterocycles. The smallest absolute Gasteiger partial charge is 0.246 e. The lowest BCUT2D eigenvalue weighted by atomic mass is 10.0. The zero-order valence-electron chi connectivity index (χ0n) is 21.6. The van der Waals surface area contributed by atoms with E-state index in [1.54, 1.807) is 0 Å². The Bertz CT molecular complexity index is 1470. The highest BCUT2D eigenvalue weighted by Crippen LogP contribution is 2.36. The molecule has 37 heavy (non-hydrogen) atoms. The Morgan fingerprint density at radius 3 is 2.30 bits per heavy atom. The normalized spacial score (nSPS) is 17.1. The summed E-state index contributed by atoms with van der Waals surface area (Å²) in [4.78, 5) is 31.2. The summed E-state index contributed by atoms with van der Waals surface area (Å²) in [6.45, 7) is 10.2. The van der Waals surface area contributed by atoms with Crippen LogP contribution in [0.25, 0.3) is 33.1 Å². The Balaban J connectivity index is 1.47. The van der Waals surface area contributed by atoms with Crippen molar-refractivity contribution in [2.45, 2.75) is 0 Å². The summed E-state index contributed by atoms with van der Waals surface area (Å²) in [5, 5.41) is 3.49. The van der Waals surface area contributed by atoms with Crippen LogP contribution < -0.4 is 9.80 Å². The highest BCUT2D eigenvalue weighted by atomic mass is 16.2. The van der Waals surface area contributed by atoms with Crippen molar-refractivity contribution in [2.75, 3.05) is 69.2 Å². The van der Waals surface area contributed by atoms with Crippen molar-refractivity contribution >= 4 is 39.5 Å². The Morgan fingerprint density at radius 2 is 1.54 bits per heavy atom. The van der Waals surface area contributed by atoms with Gasteiger partial charge in [-0.05, 0) is 30.0 Å². The number of nitrogens with zero attached hydrogens (tertiary/aromatic N) is 7. The number of rotatable bonds is 4. The van der Waals surface area contributed by atoms with E-state index in [9.17, 15) is 4.79 Å². The van der Waals surface area contributed by atoms with E-state index in [1.165, 1.54) is 22.4 Å². The van der Waals surface area contributed by atoms with E-state index in [0.717, 1.165) is 67.8 Å². The number of carbonyl (C=O) groups is 1. The molecule has 0 unspecified atom stereocenters. The Morgan fingerprint density at radius 1 is 0.838 bits per heavy atom. The average Bonchev–Trinajstić information content (AvgIpc) is 3.28. The zero-order chi connectivity index (χ0) is 25.5. The molecule has 2 saturated heterocycles. The molecule has 0 bridgehead atoms. The van der Waals surface area contributed by atoms with Crippen molar-refractivity contribution in [3.63, 3.8) is 0 Å². The van der Waals surface area contributed by atoms with Gasteiger partial charge in [-0.2, -0.15) is 9.97 Å². The number of aryl methyl sites for hydroxylation is 1. The Kier molecular flexibility index (Phi) is 6.04. The maximum absolute atomic E-state index is 12.2. The number of anilines is 2. The number of benzene rings is 2. The van der Waals surface area contributed by atoms with Crippen LogP contribution in [0.15, 0.2) is 61.2 Å². The molecular weight excluding hydrogens is 462 g/mol. The van der Waals surface area contributed by atoms with Gasteiger partial charge in [0, 0.05) is 65.0 Å². The lowest BCUT2D eigenvalue weighted by Crippen LogP contribution is -2.49. The van der Waals surface area contributed by atoms with E-state index >= 15 is 0 Å². The van der Waals surface area contributed by atoms with Crippen LogP contribution in [0.4, 0.5) is 11.8 Å². The number of aromatic nitrogens is 3. The summed E-state index contributed by atoms with van der Waals surface area (Å²) in [5.74, 6) is 1.72. The van der Waals surface area contributed by atoms with Gasteiger partial charge < -0.3 is 24.2 Å².